The Morgan fingerprint density at radius 1 is 1.25 bits per heavy atom. The molecule has 0 unspecified atom stereocenters. The van der Waals surface area contributed by atoms with E-state index in [4.69, 9.17) is 10.5 Å². The van der Waals surface area contributed by atoms with E-state index in [1.807, 2.05) is 24.3 Å². The molecule has 0 bridgehead atoms. The van der Waals surface area contributed by atoms with Gasteiger partial charge in [-0.05, 0) is 41.0 Å². The highest BCUT2D eigenvalue weighted by atomic mass is 79.9. The molecule has 1 heterocycles. The second kappa shape index (κ2) is 5.46. The van der Waals surface area contributed by atoms with Gasteiger partial charge in [-0.2, -0.15) is 0 Å². The van der Waals surface area contributed by atoms with Crippen molar-refractivity contribution in [3.63, 3.8) is 0 Å². The molecule has 0 fully saturated rings. The minimum absolute atomic E-state index is 0.881. The molecule has 0 spiro atoms. The van der Waals surface area contributed by atoms with E-state index in [-0.39, 0.29) is 0 Å². The third-order valence-corrected chi connectivity index (χ3v) is 4.51. The average Bonchev–Trinajstić information content (AvgIpc) is 2.85. The van der Waals surface area contributed by atoms with Crippen LogP contribution >= 0.6 is 15.9 Å². The molecule has 2 N–H and O–H groups in total. The Kier molecular flexibility index (Phi) is 3.68. The largest absolute Gasteiger partial charge is 0.497 e. The Hall–Kier alpha value is -1.52. The lowest BCUT2D eigenvalue weighted by atomic mass is 10.1. The normalized spacial score (nSPS) is 14.3. The molecule has 2 aromatic rings. The standard InChI is InChI=1S/C16H17BrN2O/c1-20-13-5-6-15(17)12(7-13)9-19-8-11-3-2-4-16(18)14(11)10-19/h2-7H,8-10,18H2,1H3. The minimum atomic E-state index is 0.881. The van der Waals surface area contributed by atoms with Crippen molar-refractivity contribution in [2.45, 2.75) is 19.6 Å². The first-order valence-electron chi connectivity index (χ1n) is 6.58. The lowest BCUT2D eigenvalue weighted by molar-refractivity contribution is 0.274. The van der Waals surface area contributed by atoms with Crippen LogP contribution in [0.5, 0.6) is 5.75 Å². The van der Waals surface area contributed by atoms with Crippen LogP contribution in [0, 0.1) is 0 Å². The van der Waals surface area contributed by atoms with Crippen molar-refractivity contribution in [2.75, 3.05) is 12.8 Å². The van der Waals surface area contributed by atoms with Crippen LogP contribution in [0.1, 0.15) is 16.7 Å². The summed E-state index contributed by atoms with van der Waals surface area (Å²) in [5.74, 6) is 0.888. The second-order valence-electron chi connectivity index (χ2n) is 5.09. The number of nitrogens with two attached hydrogens (primary N) is 1. The summed E-state index contributed by atoms with van der Waals surface area (Å²) in [6, 6.07) is 12.2. The van der Waals surface area contributed by atoms with Crippen molar-refractivity contribution in [1.82, 2.24) is 4.90 Å². The highest BCUT2D eigenvalue weighted by Crippen LogP contribution is 2.31. The van der Waals surface area contributed by atoms with E-state index >= 15 is 0 Å². The summed E-state index contributed by atoms with van der Waals surface area (Å²) in [4.78, 5) is 2.39. The van der Waals surface area contributed by atoms with E-state index in [2.05, 4.69) is 33.0 Å². The molecule has 0 aromatic heterocycles. The maximum absolute atomic E-state index is 6.05. The Balaban J connectivity index is 1.80. The zero-order chi connectivity index (χ0) is 14.1. The Bertz CT molecular complexity index is 642. The lowest BCUT2D eigenvalue weighted by Crippen LogP contribution is -2.16. The third-order valence-electron chi connectivity index (χ3n) is 3.73. The average molecular weight is 333 g/mol. The molecular formula is C16H17BrN2O. The SMILES string of the molecule is COc1ccc(Br)c(CN2Cc3cccc(N)c3C2)c1. The molecule has 0 saturated heterocycles. The van der Waals surface area contributed by atoms with Gasteiger partial charge in [0.05, 0.1) is 7.11 Å². The number of nitrogens with zero attached hydrogens (tertiary/aromatic N) is 1. The van der Waals surface area contributed by atoms with Crippen LogP contribution in [0.15, 0.2) is 40.9 Å². The fourth-order valence-corrected chi connectivity index (χ4v) is 3.04. The van der Waals surface area contributed by atoms with Gasteiger partial charge in [-0.1, -0.05) is 28.1 Å². The Morgan fingerprint density at radius 2 is 2.10 bits per heavy atom. The topological polar surface area (TPSA) is 38.5 Å². The van der Waals surface area contributed by atoms with E-state index in [1.54, 1.807) is 7.11 Å². The van der Waals surface area contributed by atoms with Gasteiger partial charge in [0.1, 0.15) is 5.75 Å². The highest BCUT2D eigenvalue weighted by Gasteiger charge is 2.21. The fourth-order valence-electron chi connectivity index (χ4n) is 2.67. The van der Waals surface area contributed by atoms with Gasteiger partial charge in [-0.15, -0.1) is 0 Å². The number of anilines is 1. The van der Waals surface area contributed by atoms with Gasteiger partial charge >= 0.3 is 0 Å². The predicted molar refractivity (Wildman–Crippen MR) is 84.5 cm³/mol. The van der Waals surface area contributed by atoms with Gasteiger partial charge in [-0.3, -0.25) is 4.90 Å². The van der Waals surface area contributed by atoms with E-state index in [1.165, 1.54) is 16.7 Å². The molecule has 104 valence electrons. The highest BCUT2D eigenvalue weighted by molar-refractivity contribution is 9.10. The molecule has 0 radical (unpaired) electrons. The van der Waals surface area contributed by atoms with Crippen molar-refractivity contribution in [1.29, 1.82) is 0 Å². The lowest BCUT2D eigenvalue weighted by Gasteiger charge is -2.16. The number of ether oxygens (including phenoxy) is 1. The summed E-state index contributed by atoms with van der Waals surface area (Å²) in [7, 11) is 1.69. The number of hydrogen-bond donors (Lipinski definition) is 1. The molecule has 0 amide bonds. The van der Waals surface area contributed by atoms with Crippen LogP contribution in [-0.4, -0.2) is 12.0 Å². The van der Waals surface area contributed by atoms with Crippen molar-refractivity contribution in [3.8, 4) is 5.75 Å². The van der Waals surface area contributed by atoms with E-state index in [9.17, 15) is 0 Å². The Labute approximate surface area is 127 Å². The van der Waals surface area contributed by atoms with Crippen LogP contribution in [-0.2, 0) is 19.6 Å². The fraction of sp³-hybridized carbons (Fsp3) is 0.250. The Morgan fingerprint density at radius 3 is 2.85 bits per heavy atom. The van der Waals surface area contributed by atoms with Crippen LogP contribution in [0.2, 0.25) is 0 Å². The molecule has 0 atom stereocenters. The number of nitrogen functional groups attached to an aromatic ring is 1. The van der Waals surface area contributed by atoms with Gasteiger partial charge in [0, 0.05) is 29.8 Å². The summed E-state index contributed by atoms with van der Waals surface area (Å²) >= 11 is 3.61. The first kappa shape index (κ1) is 13.5. The van der Waals surface area contributed by atoms with Crippen LogP contribution < -0.4 is 10.5 Å². The minimum Gasteiger partial charge on any atom is -0.497 e. The van der Waals surface area contributed by atoms with Crippen LogP contribution in [0.4, 0.5) is 5.69 Å². The van der Waals surface area contributed by atoms with Gasteiger partial charge in [-0.25, -0.2) is 0 Å². The molecule has 2 aromatic carbocycles. The summed E-state index contributed by atoms with van der Waals surface area (Å²) in [5, 5.41) is 0. The number of fused-ring (bicyclic) bond motifs is 1. The monoisotopic (exact) mass is 332 g/mol. The van der Waals surface area contributed by atoms with Crippen molar-refractivity contribution < 1.29 is 4.74 Å². The summed E-state index contributed by atoms with van der Waals surface area (Å²) < 4.78 is 6.41. The van der Waals surface area contributed by atoms with Crippen LogP contribution in [0.3, 0.4) is 0 Å². The maximum atomic E-state index is 6.05. The predicted octanol–water partition coefficient (Wildman–Crippen LogP) is 3.56. The van der Waals surface area contributed by atoms with Crippen molar-refractivity contribution in [3.05, 3.63) is 57.6 Å². The van der Waals surface area contributed by atoms with Gasteiger partial charge in [0.25, 0.3) is 0 Å². The van der Waals surface area contributed by atoms with Gasteiger partial charge < -0.3 is 10.5 Å². The first-order valence-corrected chi connectivity index (χ1v) is 7.37. The number of rotatable bonds is 3. The van der Waals surface area contributed by atoms with E-state index in [0.717, 1.165) is 35.5 Å². The van der Waals surface area contributed by atoms with Crippen molar-refractivity contribution in [2.24, 2.45) is 0 Å². The molecule has 1 aliphatic rings. The zero-order valence-corrected chi connectivity index (χ0v) is 13.0. The number of hydrogen-bond acceptors (Lipinski definition) is 3. The second-order valence-corrected chi connectivity index (χ2v) is 5.94. The van der Waals surface area contributed by atoms with E-state index < -0.39 is 0 Å². The maximum Gasteiger partial charge on any atom is 0.119 e. The number of benzene rings is 2. The van der Waals surface area contributed by atoms with Gasteiger partial charge in [0.15, 0.2) is 0 Å². The van der Waals surface area contributed by atoms with Gasteiger partial charge in [0.2, 0.25) is 0 Å². The quantitative estimate of drug-likeness (QED) is 0.873. The molecule has 3 rings (SSSR count). The summed E-state index contributed by atoms with van der Waals surface area (Å²) in [5.41, 5.74) is 10.8. The summed E-state index contributed by atoms with van der Waals surface area (Å²) in [6.07, 6.45) is 0. The molecule has 4 heteroatoms. The molecule has 20 heavy (non-hydrogen) atoms. The van der Waals surface area contributed by atoms with Crippen molar-refractivity contribution >= 4 is 21.6 Å². The molecular weight excluding hydrogens is 316 g/mol. The van der Waals surface area contributed by atoms with E-state index in [0.29, 0.717) is 0 Å². The molecule has 0 saturated carbocycles. The third kappa shape index (κ3) is 2.53. The number of halogens is 1. The van der Waals surface area contributed by atoms with Crippen LogP contribution in [0.25, 0.3) is 0 Å². The summed E-state index contributed by atoms with van der Waals surface area (Å²) in [6.45, 7) is 2.74. The first-order chi connectivity index (χ1) is 9.67. The smallest absolute Gasteiger partial charge is 0.119 e. The molecule has 1 aliphatic heterocycles. The molecule has 3 nitrogen and oxygen atoms in total. The zero-order valence-electron chi connectivity index (χ0n) is 11.4. The number of methoxy groups -OCH3 is 1. The molecule has 0 aliphatic carbocycles.